The van der Waals surface area contributed by atoms with E-state index in [1.54, 1.807) is 0 Å². The van der Waals surface area contributed by atoms with Crippen molar-refractivity contribution in [3.63, 3.8) is 0 Å². The third kappa shape index (κ3) is 6.42. The van der Waals surface area contributed by atoms with Gasteiger partial charge in [0.25, 0.3) is 0 Å². The molecule has 0 aromatic heterocycles. The number of aliphatic imine (C=N–C) groups is 1. The zero-order chi connectivity index (χ0) is 17.2. The summed E-state index contributed by atoms with van der Waals surface area (Å²) in [6.45, 7) is 6.28. The van der Waals surface area contributed by atoms with Crippen LogP contribution in [-0.2, 0) is 11.2 Å². The molecule has 4 nitrogen and oxygen atoms in total. The molecule has 0 heterocycles. The molecule has 2 rings (SSSR count). The Hall–Kier alpha value is -2.33. The van der Waals surface area contributed by atoms with Crippen molar-refractivity contribution in [3.05, 3.63) is 65.2 Å². The first-order valence-electron chi connectivity index (χ1n) is 8.41. The Bertz CT molecular complexity index is 653. The van der Waals surface area contributed by atoms with Crippen LogP contribution in [0.5, 0.6) is 0 Å². The van der Waals surface area contributed by atoms with Gasteiger partial charge in [-0.2, -0.15) is 0 Å². The van der Waals surface area contributed by atoms with Gasteiger partial charge in [0.05, 0.1) is 6.61 Å². The normalized spacial score (nSPS) is 11.5. The fourth-order valence-electron chi connectivity index (χ4n) is 2.31. The number of rotatable bonds is 8. The second kappa shape index (κ2) is 9.73. The Balaban J connectivity index is 1.60. The number of ether oxygens (including phenoxy) is 1. The summed E-state index contributed by atoms with van der Waals surface area (Å²) in [7, 11) is 0. The number of aryl methyl sites for hydroxylation is 2. The summed E-state index contributed by atoms with van der Waals surface area (Å²) < 4.78 is 5.64. The molecule has 0 fully saturated rings. The molecule has 2 aromatic carbocycles. The first-order valence-corrected chi connectivity index (χ1v) is 8.41. The second-order valence-electron chi connectivity index (χ2n) is 5.89. The third-order valence-electron chi connectivity index (χ3n) is 3.89. The predicted molar refractivity (Wildman–Crippen MR) is 102 cm³/mol. The van der Waals surface area contributed by atoms with E-state index in [1.807, 2.05) is 12.1 Å². The van der Waals surface area contributed by atoms with Crippen molar-refractivity contribution in [2.75, 3.05) is 25.1 Å². The van der Waals surface area contributed by atoms with Crippen molar-refractivity contribution in [2.45, 2.75) is 26.7 Å². The van der Waals surface area contributed by atoms with Gasteiger partial charge in [-0.15, -0.1) is 0 Å². The summed E-state index contributed by atoms with van der Waals surface area (Å²) in [5.41, 5.74) is 10.7. The van der Waals surface area contributed by atoms with Gasteiger partial charge in [-0.3, -0.25) is 4.99 Å². The van der Waals surface area contributed by atoms with Crippen LogP contribution in [0.1, 0.15) is 23.1 Å². The number of nitrogens with one attached hydrogen (secondary N) is 1. The van der Waals surface area contributed by atoms with Gasteiger partial charge in [0.1, 0.15) is 0 Å². The average Bonchev–Trinajstić information content (AvgIpc) is 2.58. The van der Waals surface area contributed by atoms with Gasteiger partial charge in [-0.25, -0.2) is 0 Å². The number of benzene rings is 2. The second-order valence-corrected chi connectivity index (χ2v) is 5.89. The number of guanidine groups is 1. The highest BCUT2D eigenvalue weighted by atomic mass is 16.5. The maximum Gasteiger partial charge on any atom is 0.193 e. The highest BCUT2D eigenvalue weighted by molar-refractivity contribution is 5.92. The lowest BCUT2D eigenvalue weighted by Crippen LogP contribution is -2.23. The monoisotopic (exact) mass is 325 g/mol. The van der Waals surface area contributed by atoms with Gasteiger partial charge in [-0.05, 0) is 55.5 Å². The molecule has 0 saturated heterocycles. The quantitative estimate of drug-likeness (QED) is 0.442. The number of anilines is 1. The molecular formula is C20H27N3O. The van der Waals surface area contributed by atoms with Gasteiger partial charge in [0, 0.05) is 18.8 Å². The topological polar surface area (TPSA) is 59.6 Å². The number of nitrogens with zero attached hydrogens (tertiary/aromatic N) is 1. The molecule has 0 atom stereocenters. The van der Waals surface area contributed by atoms with E-state index in [9.17, 15) is 0 Å². The van der Waals surface area contributed by atoms with Crippen LogP contribution in [-0.4, -0.2) is 25.7 Å². The molecule has 0 saturated carbocycles. The van der Waals surface area contributed by atoms with E-state index in [-0.39, 0.29) is 0 Å². The first-order chi connectivity index (χ1) is 11.6. The minimum atomic E-state index is 0.447. The lowest BCUT2D eigenvalue weighted by Gasteiger charge is -2.08. The molecule has 0 spiro atoms. The molecule has 0 bridgehead atoms. The van der Waals surface area contributed by atoms with Gasteiger partial charge in [-0.1, -0.05) is 36.4 Å². The van der Waals surface area contributed by atoms with E-state index in [1.165, 1.54) is 16.7 Å². The maximum atomic E-state index is 5.91. The lowest BCUT2D eigenvalue weighted by atomic mass is 10.1. The Labute approximate surface area is 144 Å². The van der Waals surface area contributed by atoms with Crippen LogP contribution in [0.2, 0.25) is 0 Å². The molecule has 0 aliphatic carbocycles. The third-order valence-corrected chi connectivity index (χ3v) is 3.89. The van der Waals surface area contributed by atoms with Crippen molar-refractivity contribution in [1.82, 2.24) is 0 Å². The maximum absolute atomic E-state index is 5.91. The number of hydrogen-bond donors (Lipinski definition) is 2. The zero-order valence-corrected chi connectivity index (χ0v) is 14.6. The number of nitrogens with two attached hydrogens (primary N) is 1. The minimum absolute atomic E-state index is 0.447. The molecule has 0 radical (unpaired) electrons. The van der Waals surface area contributed by atoms with E-state index < -0.39 is 0 Å². The summed E-state index contributed by atoms with van der Waals surface area (Å²) in [6.07, 6.45) is 1.81. The molecule has 2 aromatic rings. The summed E-state index contributed by atoms with van der Waals surface area (Å²) in [5.74, 6) is 0.447. The van der Waals surface area contributed by atoms with Crippen LogP contribution >= 0.6 is 0 Å². The Kier molecular flexibility index (Phi) is 7.30. The summed E-state index contributed by atoms with van der Waals surface area (Å²) in [4.78, 5) is 4.33. The Morgan fingerprint density at radius 3 is 2.58 bits per heavy atom. The van der Waals surface area contributed by atoms with Crippen LogP contribution in [0.3, 0.4) is 0 Å². The fraction of sp³-hybridized carbons (Fsp3) is 0.350. The van der Waals surface area contributed by atoms with E-state index >= 15 is 0 Å². The summed E-state index contributed by atoms with van der Waals surface area (Å²) in [6, 6.07) is 16.5. The van der Waals surface area contributed by atoms with Crippen LogP contribution in [0.4, 0.5) is 5.69 Å². The first kappa shape index (κ1) is 18.0. The van der Waals surface area contributed by atoms with Gasteiger partial charge < -0.3 is 15.8 Å². The summed E-state index contributed by atoms with van der Waals surface area (Å²) in [5, 5.41) is 3.12. The molecule has 0 aliphatic rings. The van der Waals surface area contributed by atoms with Crippen LogP contribution in [0.15, 0.2) is 53.5 Å². The van der Waals surface area contributed by atoms with Crippen molar-refractivity contribution in [2.24, 2.45) is 10.7 Å². The highest BCUT2D eigenvalue weighted by Crippen LogP contribution is 2.13. The zero-order valence-electron chi connectivity index (χ0n) is 14.6. The standard InChI is InChI=1S/C20H27N3O/c1-16-9-10-19(15-17(16)2)23-20(21)22-12-6-13-24-14-11-18-7-4-3-5-8-18/h3-5,7-10,15H,6,11-14H2,1-2H3,(H3,21,22,23). The summed E-state index contributed by atoms with van der Waals surface area (Å²) >= 11 is 0. The minimum Gasteiger partial charge on any atom is -0.381 e. The van der Waals surface area contributed by atoms with E-state index in [0.29, 0.717) is 19.1 Å². The van der Waals surface area contributed by atoms with E-state index in [4.69, 9.17) is 10.5 Å². The highest BCUT2D eigenvalue weighted by Gasteiger charge is 1.98. The Morgan fingerprint density at radius 2 is 1.83 bits per heavy atom. The molecule has 4 heteroatoms. The fourth-order valence-corrected chi connectivity index (χ4v) is 2.31. The molecule has 128 valence electrons. The van der Waals surface area contributed by atoms with E-state index in [0.717, 1.165) is 25.1 Å². The number of hydrogen-bond acceptors (Lipinski definition) is 2. The van der Waals surface area contributed by atoms with Gasteiger partial charge in [0.15, 0.2) is 5.96 Å². The molecule has 24 heavy (non-hydrogen) atoms. The van der Waals surface area contributed by atoms with Crippen LogP contribution in [0.25, 0.3) is 0 Å². The molecule has 0 unspecified atom stereocenters. The van der Waals surface area contributed by atoms with Gasteiger partial charge >= 0.3 is 0 Å². The molecule has 3 N–H and O–H groups in total. The van der Waals surface area contributed by atoms with Crippen molar-refractivity contribution < 1.29 is 4.74 Å². The van der Waals surface area contributed by atoms with Crippen molar-refractivity contribution >= 4 is 11.6 Å². The van der Waals surface area contributed by atoms with Crippen molar-refractivity contribution in [1.29, 1.82) is 0 Å². The van der Waals surface area contributed by atoms with Gasteiger partial charge in [0.2, 0.25) is 0 Å². The predicted octanol–water partition coefficient (Wildman–Crippen LogP) is 3.68. The van der Waals surface area contributed by atoms with Crippen LogP contribution < -0.4 is 11.1 Å². The smallest absolute Gasteiger partial charge is 0.193 e. The molecule has 0 amide bonds. The van der Waals surface area contributed by atoms with Crippen LogP contribution in [0, 0.1) is 13.8 Å². The van der Waals surface area contributed by atoms with E-state index in [2.05, 4.69) is 60.6 Å². The largest absolute Gasteiger partial charge is 0.381 e. The van der Waals surface area contributed by atoms with Crippen molar-refractivity contribution in [3.8, 4) is 0 Å². The average molecular weight is 325 g/mol. The molecular weight excluding hydrogens is 298 g/mol. The SMILES string of the molecule is Cc1ccc(NC(N)=NCCCOCCc2ccccc2)cc1C. The Morgan fingerprint density at radius 1 is 1.04 bits per heavy atom. The molecule has 0 aliphatic heterocycles. The lowest BCUT2D eigenvalue weighted by molar-refractivity contribution is 0.136.